The van der Waals surface area contributed by atoms with E-state index in [0.717, 1.165) is 63.9 Å². The van der Waals surface area contributed by atoms with Gasteiger partial charge in [-0.1, -0.05) is 55.0 Å². The Balaban J connectivity index is 1.02. The maximum Gasteiger partial charge on any atom is 0.203 e. The Morgan fingerprint density at radius 3 is 2.17 bits per heavy atom. The summed E-state index contributed by atoms with van der Waals surface area (Å²) in [5.74, 6) is 6.54. The van der Waals surface area contributed by atoms with Gasteiger partial charge in [-0.25, -0.2) is 4.99 Å². The lowest BCUT2D eigenvalue weighted by Gasteiger charge is -2.26. The lowest BCUT2D eigenvalue weighted by atomic mass is 9.86. The van der Waals surface area contributed by atoms with Crippen LogP contribution in [0.2, 0.25) is 0 Å². The van der Waals surface area contributed by atoms with Gasteiger partial charge in [0.2, 0.25) is 5.75 Å². The molecular formula is C43H47N3O6. The molecule has 2 aliphatic rings. The van der Waals surface area contributed by atoms with Crippen LogP contribution in [0.15, 0.2) is 102 Å². The lowest BCUT2D eigenvalue weighted by Crippen LogP contribution is -2.39. The van der Waals surface area contributed by atoms with Crippen LogP contribution in [0.3, 0.4) is 0 Å². The average molecular weight is 702 g/mol. The minimum atomic E-state index is 0.475. The number of fused-ring (bicyclic) bond motifs is 2. The fraction of sp³-hybridized carbons (Fsp3) is 0.326. The van der Waals surface area contributed by atoms with Crippen LogP contribution in [0.5, 0.6) is 40.2 Å². The third kappa shape index (κ3) is 9.01. The third-order valence-electron chi connectivity index (χ3n) is 9.50. The second kappa shape index (κ2) is 17.1. The molecule has 9 heteroatoms. The summed E-state index contributed by atoms with van der Waals surface area (Å²) >= 11 is 0. The fourth-order valence-corrected chi connectivity index (χ4v) is 6.39. The van der Waals surface area contributed by atoms with Gasteiger partial charge in [-0.2, -0.15) is 0 Å². The van der Waals surface area contributed by atoms with Crippen LogP contribution in [0, 0.1) is 5.92 Å². The van der Waals surface area contributed by atoms with E-state index >= 15 is 0 Å². The first kappa shape index (κ1) is 34.9. The molecule has 0 amide bonds. The molecule has 0 saturated heterocycles. The summed E-state index contributed by atoms with van der Waals surface area (Å²) in [5, 5.41) is 9.40. The van der Waals surface area contributed by atoms with Crippen molar-refractivity contribution in [3.63, 3.8) is 0 Å². The molecule has 0 unspecified atom stereocenters. The number of ether oxygens (including phenoxy) is 6. The maximum atomic E-state index is 6.25. The topological polar surface area (TPSA) is 91.8 Å². The molecule has 1 fully saturated rings. The standard InChI is InChI=1S/C43H47N3O6/c1-47-40-25-32(26-41(48-2)42(40)51-29-31-7-5-8-31)18-20-45-43(44-19-17-30-13-16-38-39(24-30)50-22-21-49-38)46-28-33-9-6-12-36(23-33)52-37-15-14-34-10-3-4-11-35(34)27-37/h3-4,6,9-16,23-27,31H,5,7-8,17-22,28-29H2,1-2H3,(H2,44,45,46). The monoisotopic (exact) mass is 701 g/mol. The highest BCUT2D eigenvalue weighted by Gasteiger charge is 2.21. The zero-order chi connectivity index (χ0) is 35.5. The summed E-state index contributed by atoms with van der Waals surface area (Å²) in [6, 6.07) is 32.7. The van der Waals surface area contributed by atoms with Gasteiger partial charge in [-0.15, -0.1) is 0 Å². The van der Waals surface area contributed by atoms with E-state index < -0.39 is 0 Å². The molecule has 0 atom stereocenters. The number of aliphatic imine (C=N–C) groups is 1. The highest BCUT2D eigenvalue weighted by Crippen LogP contribution is 2.40. The van der Waals surface area contributed by atoms with Crippen molar-refractivity contribution in [2.75, 3.05) is 47.1 Å². The summed E-state index contributed by atoms with van der Waals surface area (Å²) in [4.78, 5) is 4.98. The van der Waals surface area contributed by atoms with Crippen LogP contribution in [0.4, 0.5) is 0 Å². The minimum absolute atomic E-state index is 0.475. The molecule has 0 aromatic heterocycles. The van der Waals surface area contributed by atoms with Crippen molar-refractivity contribution in [3.05, 3.63) is 114 Å². The predicted molar refractivity (Wildman–Crippen MR) is 205 cm³/mol. The highest BCUT2D eigenvalue weighted by atomic mass is 16.6. The normalized spacial score (nSPS) is 14.0. The van der Waals surface area contributed by atoms with Gasteiger partial charge in [0.15, 0.2) is 29.0 Å². The van der Waals surface area contributed by atoms with Crippen molar-refractivity contribution in [3.8, 4) is 40.2 Å². The Labute approximate surface area is 305 Å². The second-order valence-electron chi connectivity index (χ2n) is 13.2. The van der Waals surface area contributed by atoms with E-state index in [-0.39, 0.29) is 0 Å². The van der Waals surface area contributed by atoms with E-state index in [9.17, 15) is 0 Å². The van der Waals surface area contributed by atoms with Gasteiger partial charge >= 0.3 is 0 Å². The molecule has 52 heavy (non-hydrogen) atoms. The van der Waals surface area contributed by atoms with Crippen molar-refractivity contribution < 1.29 is 28.4 Å². The Kier molecular flexibility index (Phi) is 11.5. The van der Waals surface area contributed by atoms with Crippen molar-refractivity contribution >= 4 is 16.7 Å². The first-order valence-electron chi connectivity index (χ1n) is 18.2. The van der Waals surface area contributed by atoms with E-state index in [2.05, 4.69) is 53.1 Å². The van der Waals surface area contributed by atoms with Gasteiger partial charge in [0.05, 0.1) is 27.4 Å². The number of benzene rings is 5. The molecule has 9 nitrogen and oxygen atoms in total. The molecule has 5 aromatic rings. The third-order valence-corrected chi connectivity index (χ3v) is 9.50. The van der Waals surface area contributed by atoms with Crippen molar-refractivity contribution in [1.29, 1.82) is 0 Å². The number of methoxy groups -OCH3 is 2. The average Bonchev–Trinajstić information content (AvgIpc) is 3.16. The Morgan fingerprint density at radius 2 is 1.42 bits per heavy atom. The number of hydrogen-bond donors (Lipinski definition) is 2. The van der Waals surface area contributed by atoms with Crippen molar-refractivity contribution in [1.82, 2.24) is 10.6 Å². The number of nitrogens with one attached hydrogen (secondary N) is 2. The largest absolute Gasteiger partial charge is 0.493 e. The molecule has 7 rings (SSSR count). The highest BCUT2D eigenvalue weighted by molar-refractivity contribution is 5.83. The SMILES string of the molecule is COc1cc(CCNC(=NCc2cccc(Oc3ccc4ccccc4c3)c2)NCCc2ccc3c(c2)OCCO3)cc(OC)c1OCC1CCC1. The quantitative estimate of drug-likeness (QED) is 0.0836. The van der Waals surface area contributed by atoms with Crippen LogP contribution in [0.1, 0.15) is 36.0 Å². The number of hydrogen-bond acceptors (Lipinski definition) is 7. The molecule has 1 aliphatic carbocycles. The summed E-state index contributed by atoms with van der Waals surface area (Å²) < 4.78 is 35.4. The van der Waals surface area contributed by atoms with Crippen LogP contribution in [-0.2, 0) is 19.4 Å². The molecule has 0 bridgehead atoms. The lowest BCUT2D eigenvalue weighted by molar-refractivity contribution is 0.171. The number of rotatable bonds is 15. The van der Waals surface area contributed by atoms with Gasteiger partial charge in [-0.3, -0.25) is 0 Å². The maximum absolute atomic E-state index is 6.25. The van der Waals surface area contributed by atoms with E-state index in [1.807, 2.05) is 54.6 Å². The summed E-state index contributed by atoms with van der Waals surface area (Å²) in [7, 11) is 3.34. The smallest absolute Gasteiger partial charge is 0.203 e. The van der Waals surface area contributed by atoms with E-state index in [0.29, 0.717) is 62.6 Å². The molecule has 1 heterocycles. The van der Waals surface area contributed by atoms with Crippen LogP contribution < -0.4 is 39.1 Å². The van der Waals surface area contributed by atoms with Crippen molar-refractivity contribution in [2.24, 2.45) is 10.9 Å². The van der Waals surface area contributed by atoms with Crippen LogP contribution in [0.25, 0.3) is 10.8 Å². The summed E-state index contributed by atoms with van der Waals surface area (Å²) in [5.41, 5.74) is 3.28. The summed E-state index contributed by atoms with van der Waals surface area (Å²) in [6.07, 6.45) is 5.23. The Bertz CT molecular complexity index is 1970. The van der Waals surface area contributed by atoms with Crippen LogP contribution >= 0.6 is 0 Å². The van der Waals surface area contributed by atoms with Gasteiger partial charge < -0.3 is 39.1 Å². The second-order valence-corrected chi connectivity index (χ2v) is 13.2. The molecule has 1 aliphatic heterocycles. The van der Waals surface area contributed by atoms with Gasteiger partial charge in [0, 0.05) is 13.1 Å². The van der Waals surface area contributed by atoms with Gasteiger partial charge in [0.25, 0.3) is 0 Å². The van der Waals surface area contributed by atoms with Crippen LogP contribution in [-0.4, -0.2) is 53.1 Å². The van der Waals surface area contributed by atoms with E-state index in [1.54, 1.807) is 14.2 Å². The molecule has 270 valence electrons. The Hall–Kier alpha value is -5.57. The molecule has 1 saturated carbocycles. The molecule has 0 radical (unpaired) electrons. The first-order valence-corrected chi connectivity index (χ1v) is 18.2. The molecular weight excluding hydrogens is 654 g/mol. The minimum Gasteiger partial charge on any atom is -0.493 e. The fourth-order valence-electron chi connectivity index (χ4n) is 6.39. The van der Waals surface area contributed by atoms with E-state index in [4.69, 9.17) is 33.4 Å². The number of guanidine groups is 1. The molecule has 5 aromatic carbocycles. The van der Waals surface area contributed by atoms with Crippen molar-refractivity contribution in [2.45, 2.75) is 38.6 Å². The first-order chi connectivity index (χ1) is 25.6. The zero-order valence-corrected chi connectivity index (χ0v) is 30.0. The summed E-state index contributed by atoms with van der Waals surface area (Å²) in [6.45, 7) is 3.64. The molecule has 2 N–H and O–H groups in total. The predicted octanol–water partition coefficient (Wildman–Crippen LogP) is 8.12. The zero-order valence-electron chi connectivity index (χ0n) is 30.0. The number of nitrogens with zero attached hydrogens (tertiary/aromatic N) is 1. The van der Waals surface area contributed by atoms with E-state index in [1.165, 1.54) is 24.6 Å². The van der Waals surface area contributed by atoms with Gasteiger partial charge in [0.1, 0.15) is 24.7 Å². The molecule has 0 spiro atoms. The van der Waals surface area contributed by atoms with Gasteiger partial charge in [-0.05, 0) is 108 Å². The Morgan fingerprint density at radius 1 is 0.692 bits per heavy atom.